The van der Waals surface area contributed by atoms with Gasteiger partial charge in [-0.2, -0.15) is 0 Å². The number of halogens is 2. The van der Waals surface area contributed by atoms with Crippen LogP contribution in [0.25, 0.3) is 0 Å². The Balaban J connectivity index is 2.38. The highest BCUT2D eigenvalue weighted by Gasteiger charge is 2.25. The zero-order valence-corrected chi connectivity index (χ0v) is 11.8. The van der Waals surface area contributed by atoms with Gasteiger partial charge in [-0.3, -0.25) is 0 Å². The highest BCUT2D eigenvalue weighted by molar-refractivity contribution is 7.89. The topological polar surface area (TPSA) is 79.5 Å². The van der Waals surface area contributed by atoms with E-state index in [1.807, 2.05) is 0 Å². The van der Waals surface area contributed by atoms with Crippen molar-refractivity contribution in [2.45, 2.75) is 24.5 Å². The Morgan fingerprint density at radius 1 is 1.38 bits per heavy atom. The van der Waals surface area contributed by atoms with Gasteiger partial charge in [0.2, 0.25) is 10.0 Å². The zero-order valence-electron chi connectivity index (χ0n) is 11.0. The fourth-order valence-corrected chi connectivity index (χ4v) is 3.14. The molecule has 21 heavy (non-hydrogen) atoms. The molecule has 1 aromatic heterocycles. The Morgan fingerprint density at radius 2 is 2.10 bits per heavy atom. The van der Waals surface area contributed by atoms with Crippen molar-refractivity contribution in [2.75, 3.05) is 0 Å². The largest absolute Gasteiger partial charge is 0.468 e. The van der Waals surface area contributed by atoms with Gasteiger partial charge >= 0.3 is 0 Å². The quantitative estimate of drug-likeness (QED) is 0.885. The van der Waals surface area contributed by atoms with Crippen LogP contribution in [-0.2, 0) is 16.6 Å². The van der Waals surface area contributed by atoms with Gasteiger partial charge in [0, 0.05) is 0 Å². The zero-order chi connectivity index (χ0) is 15.6. The highest BCUT2D eigenvalue weighted by atomic mass is 32.2. The predicted octanol–water partition coefficient (Wildman–Crippen LogP) is 2.09. The number of aliphatic hydroxyl groups is 1. The summed E-state index contributed by atoms with van der Waals surface area (Å²) in [7, 11) is -4.31. The highest BCUT2D eigenvalue weighted by Crippen LogP contribution is 2.22. The van der Waals surface area contributed by atoms with Gasteiger partial charge in [0.05, 0.1) is 18.9 Å². The maximum Gasteiger partial charge on any atom is 0.244 e. The van der Waals surface area contributed by atoms with Gasteiger partial charge in [0.25, 0.3) is 0 Å². The van der Waals surface area contributed by atoms with Crippen molar-refractivity contribution >= 4 is 10.0 Å². The van der Waals surface area contributed by atoms with Crippen LogP contribution in [0.15, 0.2) is 39.8 Å². The first-order chi connectivity index (χ1) is 9.85. The molecule has 0 bridgehead atoms. The summed E-state index contributed by atoms with van der Waals surface area (Å²) in [6, 6.07) is 3.99. The molecule has 114 valence electrons. The molecule has 1 unspecified atom stereocenters. The van der Waals surface area contributed by atoms with Crippen molar-refractivity contribution in [3.05, 3.63) is 53.5 Å². The van der Waals surface area contributed by atoms with Crippen molar-refractivity contribution in [2.24, 2.45) is 0 Å². The third-order valence-electron chi connectivity index (χ3n) is 2.83. The average Bonchev–Trinajstić information content (AvgIpc) is 2.95. The van der Waals surface area contributed by atoms with Gasteiger partial charge in [-0.25, -0.2) is 21.9 Å². The molecule has 1 atom stereocenters. The molecule has 2 N–H and O–H groups in total. The molecular weight excluding hydrogens is 304 g/mol. The summed E-state index contributed by atoms with van der Waals surface area (Å²) >= 11 is 0. The molecule has 0 fully saturated rings. The lowest BCUT2D eigenvalue weighted by Gasteiger charge is -2.13. The molecule has 0 amide bonds. The molecule has 1 heterocycles. The summed E-state index contributed by atoms with van der Waals surface area (Å²) in [6.07, 6.45) is 1.37. The number of nitrogens with one attached hydrogen (secondary N) is 1. The fourth-order valence-electron chi connectivity index (χ4n) is 1.80. The van der Waals surface area contributed by atoms with E-state index in [4.69, 9.17) is 9.52 Å². The third kappa shape index (κ3) is 3.29. The van der Waals surface area contributed by atoms with E-state index in [1.165, 1.54) is 13.2 Å². The summed E-state index contributed by atoms with van der Waals surface area (Å²) in [5, 5.41) is 8.96. The maximum atomic E-state index is 13.7. The first kappa shape index (κ1) is 15.6. The van der Waals surface area contributed by atoms with E-state index in [9.17, 15) is 17.2 Å². The summed E-state index contributed by atoms with van der Waals surface area (Å²) in [4.78, 5) is -0.857. The van der Waals surface area contributed by atoms with Crippen LogP contribution in [-0.4, -0.2) is 13.5 Å². The number of furan rings is 1. The number of sulfonamides is 1. The normalized spacial score (nSPS) is 13.3. The molecule has 5 nitrogen and oxygen atoms in total. The van der Waals surface area contributed by atoms with Gasteiger partial charge in [-0.1, -0.05) is 0 Å². The first-order valence-electron chi connectivity index (χ1n) is 5.99. The van der Waals surface area contributed by atoms with Crippen LogP contribution in [0.4, 0.5) is 8.78 Å². The van der Waals surface area contributed by atoms with E-state index in [0.29, 0.717) is 5.76 Å². The molecule has 2 aromatic rings. The van der Waals surface area contributed by atoms with Crippen molar-refractivity contribution in [1.82, 2.24) is 4.72 Å². The second kappa shape index (κ2) is 5.92. The Kier molecular flexibility index (Phi) is 4.40. The maximum absolute atomic E-state index is 13.7. The van der Waals surface area contributed by atoms with Crippen molar-refractivity contribution < 1.29 is 26.7 Å². The van der Waals surface area contributed by atoms with Crippen LogP contribution in [0.3, 0.4) is 0 Å². The van der Waals surface area contributed by atoms with Crippen molar-refractivity contribution in [3.8, 4) is 0 Å². The minimum absolute atomic E-state index is 0.0417. The third-order valence-corrected chi connectivity index (χ3v) is 4.37. The van der Waals surface area contributed by atoms with Gasteiger partial charge in [-0.15, -0.1) is 0 Å². The summed E-state index contributed by atoms with van der Waals surface area (Å²) in [5.74, 6) is -2.50. The standard InChI is InChI=1S/C13H13F2NO4S/c1-8(11-3-2-4-20-11)16-21(18,19)12-6-9(7-17)5-10(14)13(12)15/h2-6,8,16-17H,7H2,1H3. The number of benzene rings is 1. The molecule has 2 rings (SSSR count). The molecule has 1 aromatic carbocycles. The Bertz CT molecular complexity index is 729. The van der Waals surface area contributed by atoms with Crippen LogP contribution in [0, 0.1) is 11.6 Å². The Labute approximate surface area is 120 Å². The van der Waals surface area contributed by atoms with E-state index >= 15 is 0 Å². The van der Waals surface area contributed by atoms with Crippen LogP contribution in [0.1, 0.15) is 24.3 Å². The molecule has 0 aliphatic rings. The Hall–Kier alpha value is -1.77. The van der Waals surface area contributed by atoms with Crippen LogP contribution >= 0.6 is 0 Å². The SMILES string of the molecule is CC(NS(=O)(=O)c1cc(CO)cc(F)c1F)c1ccco1. The lowest BCUT2D eigenvalue weighted by molar-refractivity contribution is 0.280. The molecule has 0 radical (unpaired) electrons. The van der Waals surface area contributed by atoms with Crippen molar-refractivity contribution in [3.63, 3.8) is 0 Å². The number of rotatable bonds is 5. The smallest absolute Gasteiger partial charge is 0.244 e. The Morgan fingerprint density at radius 3 is 2.67 bits per heavy atom. The number of aliphatic hydroxyl groups excluding tert-OH is 1. The molecule has 0 spiro atoms. The van der Waals surface area contributed by atoms with Crippen LogP contribution < -0.4 is 4.72 Å². The first-order valence-corrected chi connectivity index (χ1v) is 7.48. The van der Waals surface area contributed by atoms with Crippen LogP contribution in [0.2, 0.25) is 0 Å². The lowest BCUT2D eigenvalue weighted by atomic mass is 10.2. The minimum Gasteiger partial charge on any atom is -0.468 e. The number of hydrogen-bond donors (Lipinski definition) is 2. The fraction of sp³-hybridized carbons (Fsp3) is 0.231. The molecule has 0 aliphatic carbocycles. The van der Waals surface area contributed by atoms with E-state index in [1.54, 1.807) is 12.1 Å². The molecule has 0 saturated heterocycles. The van der Waals surface area contributed by atoms with Crippen LogP contribution in [0.5, 0.6) is 0 Å². The van der Waals surface area contributed by atoms with Gasteiger partial charge < -0.3 is 9.52 Å². The second-order valence-electron chi connectivity index (χ2n) is 4.41. The van der Waals surface area contributed by atoms with E-state index in [-0.39, 0.29) is 5.56 Å². The minimum atomic E-state index is -4.31. The second-order valence-corrected chi connectivity index (χ2v) is 6.09. The average molecular weight is 317 g/mol. The molecule has 0 aliphatic heterocycles. The summed E-state index contributed by atoms with van der Waals surface area (Å²) < 4.78 is 58.6. The number of hydrogen-bond acceptors (Lipinski definition) is 4. The monoisotopic (exact) mass is 317 g/mol. The van der Waals surface area contributed by atoms with E-state index in [2.05, 4.69) is 4.72 Å². The van der Waals surface area contributed by atoms with Gasteiger partial charge in [0.1, 0.15) is 10.7 Å². The summed E-state index contributed by atoms with van der Waals surface area (Å²) in [5.41, 5.74) is -0.0417. The molecule has 0 saturated carbocycles. The van der Waals surface area contributed by atoms with Gasteiger partial charge in [0.15, 0.2) is 11.6 Å². The van der Waals surface area contributed by atoms with E-state index in [0.717, 1.165) is 12.1 Å². The lowest BCUT2D eigenvalue weighted by Crippen LogP contribution is -2.27. The summed E-state index contributed by atoms with van der Waals surface area (Å²) in [6.45, 7) is 0.897. The van der Waals surface area contributed by atoms with Gasteiger partial charge in [-0.05, 0) is 36.8 Å². The predicted molar refractivity (Wildman–Crippen MR) is 69.7 cm³/mol. The van der Waals surface area contributed by atoms with E-state index < -0.39 is 39.2 Å². The van der Waals surface area contributed by atoms with Crippen molar-refractivity contribution in [1.29, 1.82) is 0 Å². The molecule has 8 heteroatoms. The molecular formula is C13H13F2NO4S.